The van der Waals surface area contributed by atoms with Gasteiger partial charge in [0.15, 0.2) is 0 Å². The van der Waals surface area contributed by atoms with Crippen LogP contribution in [0.4, 0.5) is 0 Å². The van der Waals surface area contributed by atoms with Crippen LogP contribution in [-0.2, 0) is 25.6 Å². The maximum absolute atomic E-state index is 13.9. The number of nitrogens with zero attached hydrogens (tertiary/aromatic N) is 2. The SMILES string of the molecule is C[C@@H](O)[C@H](N)C(=O)N1CCC[C@H]1C(=O)N1CCCC1(Cc1ccccc1)C(=O)N[C@H](C(N)=O)[C@@H](C)O. The Hall–Kier alpha value is -3.02. The van der Waals surface area contributed by atoms with Crippen LogP contribution in [0.3, 0.4) is 0 Å². The van der Waals surface area contributed by atoms with Gasteiger partial charge in [0.25, 0.3) is 0 Å². The number of aliphatic hydroxyl groups is 2. The van der Waals surface area contributed by atoms with E-state index in [1.165, 1.54) is 23.6 Å². The average Bonchev–Trinajstić information content (AvgIpc) is 3.49. The van der Waals surface area contributed by atoms with E-state index in [1.807, 2.05) is 30.3 Å². The second-order valence-corrected chi connectivity index (χ2v) is 9.84. The van der Waals surface area contributed by atoms with Gasteiger partial charge in [-0.05, 0) is 45.1 Å². The number of carbonyl (C=O) groups excluding carboxylic acids is 4. The van der Waals surface area contributed by atoms with E-state index in [1.54, 1.807) is 0 Å². The molecule has 2 fully saturated rings. The van der Waals surface area contributed by atoms with Crippen molar-refractivity contribution in [1.29, 1.82) is 0 Å². The van der Waals surface area contributed by atoms with Gasteiger partial charge in [0.05, 0.1) is 12.2 Å². The monoisotopic (exact) mass is 503 g/mol. The van der Waals surface area contributed by atoms with Crippen LogP contribution < -0.4 is 16.8 Å². The second kappa shape index (κ2) is 11.4. The van der Waals surface area contributed by atoms with Crippen LogP contribution >= 0.6 is 0 Å². The van der Waals surface area contributed by atoms with Crippen molar-refractivity contribution in [3.63, 3.8) is 0 Å². The molecule has 1 aromatic carbocycles. The molecule has 36 heavy (non-hydrogen) atoms. The van der Waals surface area contributed by atoms with Gasteiger partial charge in [0.1, 0.15) is 23.7 Å². The van der Waals surface area contributed by atoms with Crippen molar-refractivity contribution < 1.29 is 29.4 Å². The topological polar surface area (TPSA) is 179 Å². The Morgan fingerprint density at radius 3 is 2.33 bits per heavy atom. The molecular weight excluding hydrogens is 466 g/mol. The molecule has 3 rings (SSSR count). The van der Waals surface area contributed by atoms with E-state index in [0.29, 0.717) is 32.2 Å². The van der Waals surface area contributed by atoms with E-state index in [9.17, 15) is 29.4 Å². The summed E-state index contributed by atoms with van der Waals surface area (Å²) in [5.74, 6) is -2.36. The highest BCUT2D eigenvalue weighted by Gasteiger charge is 2.53. The van der Waals surface area contributed by atoms with E-state index >= 15 is 0 Å². The van der Waals surface area contributed by atoms with Crippen molar-refractivity contribution in [3.05, 3.63) is 35.9 Å². The largest absolute Gasteiger partial charge is 0.391 e. The minimum absolute atomic E-state index is 0.185. The molecule has 6 atom stereocenters. The molecule has 0 radical (unpaired) electrons. The number of likely N-dealkylation sites (tertiary alicyclic amines) is 2. The van der Waals surface area contributed by atoms with Crippen LogP contribution in [0.5, 0.6) is 0 Å². The van der Waals surface area contributed by atoms with Gasteiger partial charge < -0.3 is 36.8 Å². The first-order valence-electron chi connectivity index (χ1n) is 12.4. The molecule has 2 saturated heterocycles. The van der Waals surface area contributed by atoms with Gasteiger partial charge >= 0.3 is 0 Å². The molecule has 2 aliphatic heterocycles. The molecule has 2 aliphatic rings. The van der Waals surface area contributed by atoms with Gasteiger partial charge in [0.2, 0.25) is 23.6 Å². The summed E-state index contributed by atoms with van der Waals surface area (Å²) in [7, 11) is 0. The summed E-state index contributed by atoms with van der Waals surface area (Å²) in [6.07, 6.45) is -0.246. The number of amides is 4. The van der Waals surface area contributed by atoms with Crippen LogP contribution in [0, 0.1) is 0 Å². The normalized spacial score (nSPS) is 25.2. The predicted octanol–water partition coefficient (Wildman–Crippen LogP) is -1.36. The van der Waals surface area contributed by atoms with Crippen molar-refractivity contribution in [2.45, 2.75) is 81.8 Å². The van der Waals surface area contributed by atoms with Crippen molar-refractivity contribution >= 4 is 23.6 Å². The molecule has 0 bridgehead atoms. The van der Waals surface area contributed by atoms with Crippen molar-refractivity contribution in [2.75, 3.05) is 13.1 Å². The standard InChI is InChI=1S/C25H37N5O6/c1-15(31)19(26)23(35)29-12-6-10-18(29)22(34)30-13-7-11-25(30,14-17-8-4-3-5-9-17)24(36)28-20(16(2)32)21(27)33/h3-5,8-9,15-16,18-20,31-32H,6-7,10-14,26H2,1-2H3,(H2,27,33)(H,28,36)/t15-,16-,18+,19+,20+,25?/m1/s1. The highest BCUT2D eigenvalue weighted by Crippen LogP contribution is 2.36. The Bertz CT molecular complexity index is 971. The van der Waals surface area contributed by atoms with Gasteiger partial charge in [0, 0.05) is 19.5 Å². The van der Waals surface area contributed by atoms with E-state index < -0.39 is 53.6 Å². The lowest BCUT2D eigenvalue weighted by atomic mass is 9.86. The number of nitrogens with one attached hydrogen (secondary N) is 1. The van der Waals surface area contributed by atoms with Crippen molar-refractivity contribution in [2.24, 2.45) is 11.5 Å². The Morgan fingerprint density at radius 2 is 1.75 bits per heavy atom. The number of nitrogens with two attached hydrogens (primary N) is 2. The second-order valence-electron chi connectivity index (χ2n) is 9.84. The molecule has 1 unspecified atom stereocenters. The third kappa shape index (κ3) is 5.53. The fraction of sp³-hybridized carbons (Fsp3) is 0.600. The summed E-state index contributed by atoms with van der Waals surface area (Å²) < 4.78 is 0. The Morgan fingerprint density at radius 1 is 1.08 bits per heavy atom. The van der Waals surface area contributed by atoms with Gasteiger partial charge in [-0.3, -0.25) is 19.2 Å². The van der Waals surface area contributed by atoms with E-state index in [4.69, 9.17) is 11.5 Å². The highest BCUT2D eigenvalue weighted by atomic mass is 16.3. The minimum atomic E-state index is -1.34. The van der Waals surface area contributed by atoms with Gasteiger partial charge in [-0.25, -0.2) is 0 Å². The molecule has 4 amide bonds. The van der Waals surface area contributed by atoms with Crippen molar-refractivity contribution in [3.8, 4) is 0 Å². The quantitative estimate of drug-likeness (QED) is 0.276. The van der Waals surface area contributed by atoms with E-state index in [0.717, 1.165) is 5.56 Å². The number of benzene rings is 1. The molecule has 0 saturated carbocycles. The first-order chi connectivity index (χ1) is 17.0. The van der Waals surface area contributed by atoms with E-state index in [-0.39, 0.29) is 18.9 Å². The van der Waals surface area contributed by atoms with Crippen LogP contribution in [-0.4, -0.2) is 92.6 Å². The van der Waals surface area contributed by atoms with Crippen molar-refractivity contribution in [1.82, 2.24) is 15.1 Å². The maximum atomic E-state index is 13.9. The number of hydrogen-bond acceptors (Lipinski definition) is 7. The lowest BCUT2D eigenvalue weighted by Gasteiger charge is -2.41. The van der Waals surface area contributed by atoms with Crippen LogP contribution in [0.25, 0.3) is 0 Å². The molecule has 0 aromatic heterocycles. The molecule has 7 N–H and O–H groups in total. The molecule has 198 valence electrons. The zero-order valence-electron chi connectivity index (χ0n) is 20.8. The molecule has 11 heteroatoms. The number of carbonyl (C=O) groups is 4. The van der Waals surface area contributed by atoms with Crippen LogP contribution in [0.15, 0.2) is 30.3 Å². The number of aliphatic hydroxyl groups excluding tert-OH is 2. The van der Waals surface area contributed by atoms with E-state index in [2.05, 4.69) is 5.32 Å². The Labute approximate surface area is 210 Å². The number of primary amides is 1. The first kappa shape index (κ1) is 27.6. The van der Waals surface area contributed by atoms with Gasteiger partial charge in [-0.2, -0.15) is 0 Å². The maximum Gasteiger partial charge on any atom is 0.247 e. The molecule has 1 aromatic rings. The predicted molar refractivity (Wildman–Crippen MR) is 131 cm³/mol. The first-order valence-corrected chi connectivity index (χ1v) is 12.4. The highest BCUT2D eigenvalue weighted by molar-refractivity contribution is 5.98. The third-order valence-corrected chi connectivity index (χ3v) is 7.22. The summed E-state index contributed by atoms with van der Waals surface area (Å²) >= 11 is 0. The average molecular weight is 504 g/mol. The lowest BCUT2D eigenvalue weighted by Crippen LogP contribution is -2.65. The summed E-state index contributed by atoms with van der Waals surface area (Å²) in [6.45, 7) is 3.39. The van der Waals surface area contributed by atoms with Crippen LogP contribution in [0.1, 0.15) is 45.1 Å². The van der Waals surface area contributed by atoms with Gasteiger partial charge in [-0.1, -0.05) is 30.3 Å². The zero-order chi connectivity index (χ0) is 26.6. The van der Waals surface area contributed by atoms with Gasteiger partial charge in [-0.15, -0.1) is 0 Å². The summed E-state index contributed by atoms with van der Waals surface area (Å²) in [6, 6.07) is 5.92. The molecule has 0 spiro atoms. The Kier molecular flexibility index (Phi) is 8.70. The summed E-state index contributed by atoms with van der Waals surface area (Å²) in [5.41, 5.74) is 10.8. The fourth-order valence-electron chi connectivity index (χ4n) is 5.20. The fourth-order valence-corrected chi connectivity index (χ4v) is 5.20. The van der Waals surface area contributed by atoms with Crippen LogP contribution in [0.2, 0.25) is 0 Å². The Balaban J connectivity index is 1.96. The number of rotatable bonds is 9. The third-order valence-electron chi connectivity index (χ3n) is 7.22. The molecule has 0 aliphatic carbocycles. The number of hydrogen-bond donors (Lipinski definition) is 5. The lowest BCUT2D eigenvalue weighted by molar-refractivity contribution is -0.152. The molecule has 2 heterocycles. The summed E-state index contributed by atoms with van der Waals surface area (Å²) in [4.78, 5) is 55.4. The summed E-state index contributed by atoms with van der Waals surface area (Å²) in [5, 5.41) is 22.4. The zero-order valence-corrected chi connectivity index (χ0v) is 20.8. The molecule has 11 nitrogen and oxygen atoms in total. The minimum Gasteiger partial charge on any atom is -0.391 e. The smallest absolute Gasteiger partial charge is 0.247 e. The molecular formula is C25H37N5O6.